The first kappa shape index (κ1) is 38.2. The first-order valence-corrected chi connectivity index (χ1v) is 19.5. The summed E-state index contributed by atoms with van der Waals surface area (Å²) >= 11 is 3.56. The number of anilines is 5. The van der Waals surface area contributed by atoms with E-state index in [9.17, 15) is 17.7 Å². The summed E-state index contributed by atoms with van der Waals surface area (Å²) in [5.41, 5.74) is 4.16. The summed E-state index contributed by atoms with van der Waals surface area (Å²) < 4.78 is 51.5. The number of carboxylic acid groups (broad SMARTS) is 1. The van der Waals surface area contributed by atoms with E-state index in [4.69, 9.17) is 24.6 Å². The molecule has 5 heterocycles. The molecular weight excluding hydrogens is 754 g/mol. The minimum absolute atomic E-state index is 0.364. The monoisotopic (exact) mass is 793 g/mol. The Morgan fingerprint density at radius 2 is 1.63 bits per heavy atom. The number of likely N-dealkylation sites (tertiary alicyclic amines) is 1. The van der Waals surface area contributed by atoms with Crippen LogP contribution < -0.4 is 25.6 Å². The molecule has 0 bridgehead atoms. The molecule has 0 amide bonds. The molecule has 0 unspecified atom stereocenters. The van der Waals surface area contributed by atoms with Crippen LogP contribution in [-0.2, 0) is 9.36 Å². The molecule has 0 aliphatic carbocycles. The van der Waals surface area contributed by atoms with Crippen molar-refractivity contribution in [1.29, 1.82) is 0 Å². The van der Waals surface area contributed by atoms with E-state index in [1.165, 1.54) is 38.8 Å². The number of pyridine rings is 1. The first-order valence-electron chi connectivity index (χ1n) is 16.1. The number of alkyl halides is 3. The molecule has 2 aliphatic heterocycles. The fraction of sp³-hybridized carbons (Fsp3) is 0.455. The highest BCUT2D eigenvalue weighted by Gasteiger charge is 2.39. The van der Waals surface area contributed by atoms with Gasteiger partial charge in [-0.1, -0.05) is 0 Å². The van der Waals surface area contributed by atoms with Crippen LogP contribution in [0.25, 0.3) is 11.0 Å². The van der Waals surface area contributed by atoms with Crippen molar-refractivity contribution in [3.63, 3.8) is 0 Å². The fourth-order valence-corrected chi connectivity index (χ4v) is 8.05. The number of halogens is 4. The molecule has 6 rings (SSSR count). The Bertz CT molecular complexity index is 1950. The van der Waals surface area contributed by atoms with Crippen molar-refractivity contribution >= 4 is 74.3 Å². The van der Waals surface area contributed by atoms with Gasteiger partial charge in [-0.25, -0.2) is 9.78 Å². The molecule has 2 aliphatic rings. The number of nitrogens with one attached hydrogen (secondary N) is 2. The highest BCUT2D eigenvalue weighted by molar-refractivity contribution is 9.10. The number of methoxy groups -OCH3 is 1. The number of aromatic nitrogens is 5. The van der Waals surface area contributed by atoms with Crippen LogP contribution in [-0.4, -0.2) is 101 Å². The molecule has 0 atom stereocenters. The van der Waals surface area contributed by atoms with Gasteiger partial charge in [0, 0.05) is 31.7 Å². The van der Waals surface area contributed by atoms with Crippen LogP contribution in [0.4, 0.5) is 42.1 Å². The number of aryl methyl sites for hydroxylation is 1. The van der Waals surface area contributed by atoms with E-state index in [0.29, 0.717) is 55.2 Å². The number of aliphatic carboxylic acids is 1. The van der Waals surface area contributed by atoms with Crippen LogP contribution in [0.1, 0.15) is 31.2 Å². The molecule has 3 aromatic heterocycles. The Morgan fingerprint density at radius 1 is 1.00 bits per heavy atom. The quantitative estimate of drug-likeness (QED) is 0.173. The summed E-state index contributed by atoms with van der Waals surface area (Å²) in [6, 6.07) is 5.76. The topological polar surface area (TPSA) is 159 Å². The largest absolute Gasteiger partial charge is 0.490 e. The van der Waals surface area contributed by atoms with Gasteiger partial charge in [-0.3, -0.25) is 9.97 Å². The van der Waals surface area contributed by atoms with E-state index in [1.54, 1.807) is 39.0 Å². The lowest BCUT2D eigenvalue weighted by Gasteiger charge is -2.46. The van der Waals surface area contributed by atoms with Crippen LogP contribution in [0.5, 0.6) is 5.88 Å². The molecule has 51 heavy (non-hydrogen) atoms. The number of fused-ring (bicyclic) bond motifs is 1. The van der Waals surface area contributed by atoms with Gasteiger partial charge >= 0.3 is 12.1 Å². The standard InChI is InChI=1S/C31H39BrN9O2P.C2HF3O2/c1-20-18-24(29(43-3)39-28(20)41-16-10-31(11-17-41)8-14-40(2)15-9-31)37-30-35-19-21(32)27(38-30)36-23-7-6-22-25(34-13-12-33-22)26(23)44(4,5)42;3-2(4,5)1(6)7/h6-7,12-13,18-19H,8-11,14-17H2,1-5H3,(H2,35,36,37,38);(H,6,7). The molecule has 0 radical (unpaired) electrons. The lowest BCUT2D eigenvalue weighted by atomic mass is 9.71. The number of carbonyl (C=O) groups is 1. The third-order valence-electron chi connectivity index (χ3n) is 9.15. The van der Waals surface area contributed by atoms with Gasteiger partial charge in [-0.15, -0.1) is 0 Å². The Labute approximate surface area is 302 Å². The second kappa shape index (κ2) is 15.3. The normalized spacial score (nSPS) is 16.4. The molecule has 18 heteroatoms. The molecule has 274 valence electrons. The van der Waals surface area contributed by atoms with Crippen molar-refractivity contribution in [3.05, 3.63) is 46.8 Å². The van der Waals surface area contributed by atoms with Gasteiger partial charge in [0.1, 0.15) is 30.0 Å². The Kier molecular flexibility index (Phi) is 11.4. The Hall–Kier alpha value is -4.08. The maximum Gasteiger partial charge on any atom is 0.490 e. The lowest BCUT2D eigenvalue weighted by Crippen LogP contribution is -2.46. The summed E-state index contributed by atoms with van der Waals surface area (Å²) in [6.07, 6.45) is 4.79. The number of hydrogen-bond donors (Lipinski definition) is 3. The van der Waals surface area contributed by atoms with E-state index < -0.39 is 19.3 Å². The SMILES string of the molecule is COc1nc(N2CCC3(CCN(C)CC3)CC2)c(C)cc1Nc1ncc(Br)c(Nc2ccc3nccnc3c2P(C)(C)=O)n1.O=C(O)C(F)(F)F. The van der Waals surface area contributed by atoms with Crippen molar-refractivity contribution in [1.82, 2.24) is 29.8 Å². The smallest absolute Gasteiger partial charge is 0.479 e. The number of nitrogens with zero attached hydrogens (tertiary/aromatic N) is 7. The Morgan fingerprint density at radius 3 is 2.24 bits per heavy atom. The van der Waals surface area contributed by atoms with Gasteiger partial charge in [-0.2, -0.15) is 23.1 Å². The zero-order valence-electron chi connectivity index (χ0n) is 28.9. The van der Waals surface area contributed by atoms with Crippen molar-refractivity contribution in [2.75, 3.05) is 69.2 Å². The number of carboxylic acids is 1. The maximum atomic E-state index is 13.4. The van der Waals surface area contributed by atoms with Crippen molar-refractivity contribution in [2.45, 2.75) is 38.8 Å². The summed E-state index contributed by atoms with van der Waals surface area (Å²) in [7, 11) is 1.12. The molecular formula is C33H40BrF3N9O4P. The van der Waals surface area contributed by atoms with E-state index in [0.717, 1.165) is 24.5 Å². The van der Waals surface area contributed by atoms with Gasteiger partial charge in [0.2, 0.25) is 11.8 Å². The van der Waals surface area contributed by atoms with Gasteiger partial charge in [0.15, 0.2) is 0 Å². The van der Waals surface area contributed by atoms with E-state index in [2.05, 4.69) is 65.3 Å². The van der Waals surface area contributed by atoms with Crippen molar-refractivity contribution in [3.8, 4) is 5.88 Å². The maximum absolute atomic E-state index is 13.4. The molecule has 1 spiro atoms. The number of rotatable bonds is 7. The average Bonchev–Trinajstić information content (AvgIpc) is 3.07. The predicted molar refractivity (Wildman–Crippen MR) is 195 cm³/mol. The third kappa shape index (κ3) is 9.05. The molecule has 4 aromatic rings. The average molecular weight is 795 g/mol. The van der Waals surface area contributed by atoms with Crippen molar-refractivity contribution < 1.29 is 32.4 Å². The Balaban J connectivity index is 0.000000654. The zero-order valence-corrected chi connectivity index (χ0v) is 31.4. The number of hydrogen-bond acceptors (Lipinski definition) is 12. The van der Waals surface area contributed by atoms with Crippen LogP contribution in [0, 0.1) is 12.3 Å². The number of benzene rings is 1. The van der Waals surface area contributed by atoms with Crippen LogP contribution in [0.15, 0.2) is 41.3 Å². The molecule has 13 nitrogen and oxygen atoms in total. The second-order valence-corrected chi connectivity index (χ2v) is 17.2. The third-order valence-corrected chi connectivity index (χ3v) is 11.3. The lowest BCUT2D eigenvalue weighted by molar-refractivity contribution is -0.192. The summed E-state index contributed by atoms with van der Waals surface area (Å²) in [6.45, 7) is 9.93. The van der Waals surface area contributed by atoms with E-state index >= 15 is 0 Å². The highest BCUT2D eigenvalue weighted by atomic mass is 79.9. The molecule has 1 aromatic carbocycles. The van der Waals surface area contributed by atoms with Crippen LogP contribution in [0.2, 0.25) is 0 Å². The molecule has 2 fully saturated rings. The van der Waals surface area contributed by atoms with Crippen LogP contribution in [0.3, 0.4) is 0 Å². The van der Waals surface area contributed by atoms with Gasteiger partial charge < -0.3 is 34.8 Å². The molecule has 2 saturated heterocycles. The van der Waals surface area contributed by atoms with Crippen LogP contribution >= 0.6 is 23.1 Å². The predicted octanol–water partition coefficient (Wildman–Crippen LogP) is 6.58. The second-order valence-electron chi connectivity index (χ2n) is 13.2. The molecule has 0 saturated carbocycles. The summed E-state index contributed by atoms with van der Waals surface area (Å²) in [5, 5.41) is 14.4. The fourth-order valence-electron chi connectivity index (χ4n) is 6.37. The van der Waals surface area contributed by atoms with Gasteiger partial charge in [0.05, 0.1) is 28.1 Å². The first-order chi connectivity index (χ1) is 24.0. The minimum atomic E-state index is -5.08. The van der Waals surface area contributed by atoms with E-state index in [1.807, 2.05) is 18.2 Å². The zero-order chi connectivity index (χ0) is 37.1. The minimum Gasteiger partial charge on any atom is -0.479 e. The number of ether oxygens (including phenoxy) is 1. The highest BCUT2D eigenvalue weighted by Crippen LogP contribution is 2.43. The number of piperidine rings is 2. The van der Waals surface area contributed by atoms with Crippen molar-refractivity contribution in [2.24, 2.45) is 5.41 Å². The molecule has 3 N–H and O–H groups in total. The summed E-state index contributed by atoms with van der Waals surface area (Å²) in [4.78, 5) is 36.8. The van der Waals surface area contributed by atoms with Gasteiger partial charge in [0.25, 0.3) is 0 Å². The van der Waals surface area contributed by atoms with E-state index in [-0.39, 0.29) is 0 Å². The van der Waals surface area contributed by atoms with Gasteiger partial charge in [-0.05, 0) is 111 Å². The summed E-state index contributed by atoms with van der Waals surface area (Å²) in [5.74, 6) is -0.433.